The van der Waals surface area contributed by atoms with Crippen LogP contribution in [0.3, 0.4) is 0 Å². The molecule has 2 aliphatic carbocycles. The molecule has 2 saturated carbocycles. The van der Waals surface area contributed by atoms with Gasteiger partial charge in [0.15, 0.2) is 0 Å². The lowest BCUT2D eigenvalue weighted by Gasteiger charge is -2.31. The third kappa shape index (κ3) is 2.90. The second-order valence-corrected chi connectivity index (χ2v) is 5.28. The molecule has 0 heterocycles. The molecule has 0 aliphatic heterocycles. The molecule has 0 bridgehead atoms. The van der Waals surface area contributed by atoms with Crippen molar-refractivity contribution in [3.05, 3.63) is 0 Å². The van der Waals surface area contributed by atoms with E-state index in [2.05, 4.69) is 12.2 Å². The van der Waals surface area contributed by atoms with Crippen molar-refractivity contribution in [2.75, 3.05) is 0 Å². The molecule has 2 fully saturated rings. The van der Waals surface area contributed by atoms with Crippen LogP contribution in [0.25, 0.3) is 0 Å². The summed E-state index contributed by atoms with van der Waals surface area (Å²) in [5.41, 5.74) is 0. The molecule has 0 aromatic rings. The molecular weight excluding hydrogens is 215 g/mol. The highest BCUT2D eigenvalue weighted by atomic mass is 19.4. The summed E-state index contributed by atoms with van der Waals surface area (Å²) < 4.78 is 37.7. The molecule has 16 heavy (non-hydrogen) atoms. The minimum absolute atomic E-state index is 0.0990. The Morgan fingerprint density at radius 1 is 1.19 bits per heavy atom. The Labute approximate surface area is 94.8 Å². The van der Waals surface area contributed by atoms with Crippen LogP contribution in [0.1, 0.15) is 45.4 Å². The molecule has 2 aliphatic rings. The SMILES string of the molecule is CCC1CC1NC1CCCC(C(F)(F)F)C1. The van der Waals surface area contributed by atoms with Gasteiger partial charge in [-0.1, -0.05) is 19.8 Å². The average Bonchev–Trinajstić information content (AvgIpc) is 2.95. The molecule has 0 aromatic carbocycles. The maximum atomic E-state index is 12.6. The van der Waals surface area contributed by atoms with Crippen LogP contribution in [0.15, 0.2) is 0 Å². The van der Waals surface area contributed by atoms with Crippen molar-refractivity contribution in [1.29, 1.82) is 0 Å². The van der Waals surface area contributed by atoms with Gasteiger partial charge in [0.1, 0.15) is 0 Å². The number of rotatable bonds is 3. The standard InChI is InChI=1S/C12H20F3N/c1-2-8-6-11(8)16-10-5-3-4-9(7-10)12(13,14)15/h8-11,16H,2-7H2,1H3. The first-order chi connectivity index (χ1) is 7.50. The van der Waals surface area contributed by atoms with Gasteiger partial charge in [0.25, 0.3) is 0 Å². The van der Waals surface area contributed by atoms with Crippen molar-refractivity contribution >= 4 is 0 Å². The summed E-state index contributed by atoms with van der Waals surface area (Å²) >= 11 is 0. The van der Waals surface area contributed by atoms with Crippen LogP contribution < -0.4 is 5.32 Å². The molecule has 4 atom stereocenters. The Bertz CT molecular complexity index is 239. The minimum Gasteiger partial charge on any atom is -0.311 e. The molecule has 4 heteroatoms. The highest BCUT2D eigenvalue weighted by Gasteiger charge is 2.44. The second-order valence-electron chi connectivity index (χ2n) is 5.28. The quantitative estimate of drug-likeness (QED) is 0.789. The molecule has 0 amide bonds. The van der Waals surface area contributed by atoms with Gasteiger partial charge in [-0.3, -0.25) is 0 Å². The van der Waals surface area contributed by atoms with E-state index in [1.165, 1.54) is 0 Å². The third-order valence-corrected chi connectivity index (χ3v) is 4.03. The molecule has 94 valence electrons. The van der Waals surface area contributed by atoms with Crippen molar-refractivity contribution < 1.29 is 13.2 Å². The topological polar surface area (TPSA) is 12.0 Å². The van der Waals surface area contributed by atoms with Crippen molar-refractivity contribution in [2.45, 2.75) is 63.7 Å². The predicted octanol–water partition coefficient (Wildman–Crippen LogP) is 3.50. The van der Waals surface area contributed by atoms with Gasteiger partial charge in [0.2, 0.25) is 0 Å². The van der Waals surface area contributed by atoms with Gasteiger partial charge in [-0.15, -0.1) is 0 Å². The van der Waals surface area contributed by atoms with Crippen molar-refractivity contribution in [3.8, 4) is 0 Å². The monoisotopic (exact) mass is 235 g/mol. The van der Waals surface area contributed by atoms with E-state index in [4.69, 9.17) is 0 Å². The summed E-state index contributed by atoms with van der Waals surface area (Å²) in [6.45, 7) is 2.14. The summed E-state index contributed by atoms with van der Waals surface area (Å²) in [5, 5.41) is 3.40. The Kier molecular flexibility index (Phi) is 3.48. The maximum absolute atomic E-state index is 12.6. The lowest BCUT2D eigenvalue weighted by Crippen LogP contribution is -2.40. The molecule has 0 saturated heterocycles. The zero-order valence-electron chi connectivity index (χ0n) is 9.69. The van der Waals surface area contributed by atoms with E-state index in [1.54, 1.807) is 0 Å². The molecule has 0 spiro atoms. The molecule has 0 radical (unpaired) electrons. The van der Waals surface area contributed by atoms with Crippen molar-refractivity contribution in [2.24, 2.45) is 11.8 Å². The van der Waals surface area contributed by atoms with E-state index in [-0.39, 0.29) is 12.5 Å². The Balaban J connectivity index is 1.79. The first-order valence-electron chi connectivity index (χ1n) is 6.33. The van der Waals surface area contributed by atoms with E-state index in [0.29, 0.717) is 24.8 Å². The Morgan fingerprint density at radius 2 is 1.94 bits per heavy atom. The lowest BCUT2D eigenvalue weighted by atomic mass is 9.85. The van der Waals surface area contributed by atoms with Crippen LogP contribution in [-0.4, -0.2) is 18.3 Å². The zero-order valence-corrected chi connectivity index (χ0v) is 9.69. The summed E-state index contributed by atoms with van der Waals surface area (Å²) in [5.74, 6) is -0.358. The van der Waals surface area contributed by atoms with E-state index < -0.39 is 12.1 Å². The summed E-state index contributed by atoms with van der Waals surface area (Å²) in [6.07, 6.45) is 0.551. The number of hydrogen-bond acceptors (Lipinski definition) is 1. The fourth-order valence-corrected chi connectivity index (χ4v) is 2.84. The highest BCUT2D eigenvalue weighted by Crippen LogP contribution is 2.40. The van der Waals surface area contributed by atoms with Crippen LogP contribution in [-0.2, 0) is 0 Å². The fourth-order valence-electron chi connectivity index (χ4n) is 2.84. The third-order valence-electron chi connectivity index (χ3n) is 4.03. The van der Waals surface area contributed by atoms with Crippen molar-refractivity contribution in [3.63, 3.8) is 0 Å². The van der Waals surface area contributed by atoms with Crippen LogP contribution >= 0.6 is 0 Å². The van der Waals surface area contributed by atoms with E-state index in [1.807, 2.05) is 0 Å². The highest BCUT2D eigenvalue weighted by molar-refractivity contribution is 4.95. The predicted molar refractivity (Wildman–Crippen MR) is 57.1 cm³/mol. The molecule has 2 rings (SSSR count). The fraction of sp³-hybridized carbons (Fsp3) is 1.00. The lowest BCUT2D eigenvalue weighted by molar-refractivity contribution is -0.183. The van der Waals surface area contributed by atoms with Crippen LogP contribution in [0.2, 0.25) is 0 Å². The largest absolute Gasteiger partial charge is 0.391 e. The smallest absolute Gasteiger partial charge is 0.311 e. The van der Waals surface area contributed by atoms with Crippen LogP contribution in [0, 0.1) is 11.8 Å². The maximum Gasteiger partial charge on any atom is 0.391 e. The first kappa shape index (κ1) is 12.2. The zero-order chi connectivity index (χ0) is 11.8. The van der Waals surface area contributed by atoms with Crippen molar-refractivity contribution in [1.82, 2.24) is 5.32 Å². The molecule has 1 N–H and O–H groups in total. The van der Waals surface area contributed by atoms with Crippen LogP contribution in [0.4, 0.5) is 13.2 Å². The van der Waals surface area contributed by atoms with Crippen LogP contribution in [0.5, 0.6) is 0 Å². The van der Waals surface area contributed by atoms with Gasteiger partial charge in [-0.2, -0.15) is 13.2 Å². The first-order valence-corrected chi connectivity index (χ1v) is 6.33. The summed E-state index contributed by atoms with van der Waals surface area (Å²) in [7, 11) is 0. The van der Waals surface area contributed by atoms with Gasteiger partial charge >= 0.3 is 6.18 Å². The molecule has 1 nitrogen and oxygen atoms in total. The number of alkyl halides is 3. The minimum atomic E-state index is -3.99. The molecule has 4 unspecified atom stereocenters. The number of hydrogen-bond donors (Lipinski definition) is 1. The van der Waals surface area contributed by atoms with Gasteiger partial charge in [0.05, 0.1) is 5.92 Å². The van der Waals surface area contributed by atoms with E-state index in [0.717, 1.165) is 19.3 Å². The van der Waals surface area contributed by atoms with E-state index in [9.17, 15) is 13.2 Å². The molecular formula is C12H20F3N. The summed E-state index contributed by atoms with van der Waals surface area (Å²) in [4.78, 5) is 0. The van der Waals surface area contributed by atoms with Gasteiger partial charge < -0.3 is 5.32 Å². The van der Waals surface area contributed by atoms with Gasteiger partial charge in [0, 0.05) is 12.1 Å². The van der Waals surface area contributed by atoms with E-state index >= 15 is 0 Å². The second kappa shape index (κ2) is 4.55. The molecule has 0 aromatic heterocycles. The Hall–Kier alpha value is -0.250. The normalized spacial score (nSPS) is 39.8. The number of nitrogens with one attached hydrogen (secondary N) is 1. The summed E-state index contributed by atoms with van der Waals surface area (Å²) in [6, 6.07) is 0.601. The Morgan fingerprint density at radius 3 is 2.50 bits per heavy atom. The average molecular weight is 235 g/mol. The van der Waals surface area contributed by atoms with Gasteiger partial charge in [-0.25, -0.2) is 0 Å². The van der Waals surface area contributed by atoms with Gasteiger partial charge in [-0.05, 0) is 31.6 Å². The number of halogens is 3.